The third-order valence-corrected chi connectivity index (χ3v) is 1.70. The first kappa shape index (κ1) is 11.4. The number of methoxy groups -OCH3 is 2. The van der Waals surface area contributed by atoms with Crippen molar-refractivity contribution in [3.8, 4) is 6.07 Å². The lowest BCUT2D eigenvalue weighted by Gasteiger charge is -2.19. The maximum absolute atomic E-state index is 11.1. The van der Waals surface area contributed by atoms with Gasteiger partial charge in [-0.25, -0.2) is 0 Å². The Morgan fingerprint density at radius 2 is 1.69 bits per heavy atom. The second-order valence-corrected chi connectivity index (χ2v) is 2.65. The largest absolute Gasteiger partial charge is 0.468 e. The lowest BCUT2D eigenvalue weighted by atomic mass is 9.87. The molecule has 0 aliphatic heterocycles. The zero-order valence-corrected chi connectivity index (χ0v) is 7.79. The SMILES string of the molecule is COC(=O)C(C)(CC#N)C(=O)OC. The van der Waals surface area contributed by atoms with Crippen LogP contribution in [0.1, 0.15) is 13.3 Å². The van der Waals surface area contributed by atoms with Gasteiger partial charge in [0.25, 0.3) is 0 Å². The van der Waals surface area contributed by atoms with Crippen molar-refractivity contribution in [1.82, 2.24) is 0 Å². The van der Waals surface area contributed by atoms with E-state index in [-0.39, 0.29) is 6.42 Å². The van der Waals surface area contributed by atoms with Crippen molar-refractivity contribution in [3.05, 3.63) is 0 Å². The van der Waals surface area contributed by atoms with Gasteiger partial charge in [0.15, 0.2) is 5.41 Å². The summed E-state index contributed by atoms with van der Waals surface area (Å²) in [7, 11) is 2.31. The number of carbonyl (C=O) groups is 2. The fourth-order valence-corrected chi connectivity index (χ4v) is 0.836. The predicted molar refractivity (Wildman–Crippen MR) is 42.4 cm³/mol. The van der Waals surface area contributed by atoms with E-state index in [2.05, 4.69) is 9.47 Å². The van der Waals surface area contributed by atoms with Gasteiger partial charge in [-0.15, -0.1) is 0 Å². The van der Waals surface area contributed by atoms with Crippen LogP contribution >= 0.6 is 0 Å². The highest BCUT2D eigenvalue weighted by Crippen LogP contribution is 2.24. The smallest absolute Gasteiger partial charge is 0.323 e. The third kappa shape index (κ3) is 2.18. The predicted octanol–water partition coefficient (Wildman–Crippen LogP) is 0.252. The van der Waals surface area contributed by atoms with Crippen molar-refractivity contribution in [2.24, 2.45) is 5.41 Å². The highest BCUT2D eigenvalue weighted by molar-refractivity contribution is 5.99. The number of ether oxygens (including phenoxy) is 2. The van der Waals surface area contributed by atoms with Crippen molar-refractivity contribution in [1.29, 1.82) is 5.26 Å². The van der Waals surface area contributed by atoms with Crippen LogP contribution in [0.15, 0.2) is 0 Å². The van der Waals surface area contributed by atoms with Gasteiger partial charge < -0.3 is 9.47 Å². The number of nitrogens with zero attached hydrogens (tertiary/aromatic N) is 1. The molecule has 0 spiro atoms. The summed E-state index contributed by atoms with van der Waals surface area (Å²) in [6.07, 6.45) is -0.258. The summed E-state index contributed by atoms with van der Waals surface area (Å²) < 4.78 is 8.80. The van der Waals surface area contributed by atoms with Gasteiger partial charge in [-0.05, 0) is 6.92 Å². The molecule has 0 N–H and O–H groups in total. The molecular weight excluding hydrogens is 174 g/mol. The maximum Gasteiger partial charge on any atom is 0.323 e. The van der Waals surface area contributed by atoms with E-state index in [1.165, 1.54) is 6.92 Å². The fourth-order valence-electron chi connectivity index (χ4n) is 0.836. The Hall–Kier alpha value is -1.57. The van der Waals surface area contributed by atoms with Gasteiger partial charge in [0.2, 0.25) is 0 Å². The first-order valence-corrected chi connectivity index (χ1v) is 3.56. The first-order chi connectivity index (χ1) is 6.02. The Morgan fingerprint density at radius 3 is 1.92 bits per heavy atom. The number of rotatable bonds is 3. The minimum absolute atomic E-state index is 0.258. The zero-order valence-electron chi connectivity index (χ0n) is 7.79. The monoisotopic (exact) mass is 185 g/mol. The Balaban J connectivity index is 4.84. The quantitative estimate of drug-likeness (QED) is 0.465. The van der Waals surface area contributed by atoms with Crippen molar-refractivity contribution < 1.29 is 19.1 Å². The Labute approximate surface area is 76.2 Å². The van der Waals surface area contributed by atoms with Gasteiger partial charge in [0, 0.05) is 0 Å². The Kier molecular flexibility index (Phi) is 3.92. The molecule has 0 aromatic carbocycles. The van der Waals surface area contributed by atoms with Gasteiger partial charge in [0.05, 0.1) is 26.7 Å². The van der Waals surface area contributed by atoms with Crippen LogP contribution in [0.4, 0.5) is 0 Å². The van der Waals surface area contributed by atoms with Crippen molar-refractivity contribution >= 4 is 11.9 Å². The summed E-state index contributed by atoms with van der Waals surface area (Å²) in [5.74, 6) is -1.53. The maximum atomic E-state index is 11.1. The van der Waals surface area contributed by atoms with E-state index in [1.54, 1.807) is 6.07 Å². The molecular formula is C8H11NO4. The van der Waals surface area contributed by atoms with Crippen molar-refractivity contribution in [2.75, 3.05) is 14.2 Å². The molecule has 0 aliphatic carbocycles. The molecule has 0 heterocycles. The minimum atomic E-state index is -1.52. The average molecular weight is 185 g/mol. The van der Waals surface area contributed by atoms with Crippen LogP contribution in [0.2, 0.25) is 0 Å². The van der Waals surface area contributed by atoms with Gasteiger partial charge in [-0.3, -0.25) is 9.59 Å². The molecule has 0 saturated carbocycles. The molecule has 0 aromatic rings. The van der Waals surface area contributed by atoms with Crippen LogP contribution < -0.4 is 0 Å². The van der Waals surface area contributed by atoms with Crippen molar-refractivity contribution in [2.45, 2.75) is 13.3 Å². The number of hydrogen-bond acceptors (Lipinski definition) is 5. The van der Waals surface area contributed by atoms with E-state index >= 15 is 0 Å². The van der Waals surface area contributed by atoms with Crippen LogP contribution in [0.3, 0.4) is 0 Å². The van der Waals surface area contributed by atoms with Crippen LogP contribution in [-0.2, 0) is 19.1 Å². The molecule has 0 amide bonds. The van der Waals surface area contributed by atoms with Crippen molar-refractivity contribution in [3.63, 3.8) is 0 Å². The van der Waals surface area contributed by atoms with E-state index in [4.69, 9.17) is 5.26 Å². The van der Waals surface area contributed by atoms with Gasteiger partial charge in [-0.2, -0.15) is 5.26 Å². The van der Waals surface area contributed by atoms with E-state index in [0.717, 1.165) is 14.2 Å². The molecule has 0 bridgehead atoms. The first-order valence-electron chi connectivity index (χ1n) is 3.56. The van der Waals surface area contributed by atoms with Crippen LogP contribution in [-0.4, -0.2) is 26.2 Å². The van der Waals surface area contributed by atoms with Crippen LogP contribution in [0, 0.1) is 16.7 Å². The van der Waals surface area contributed by atoms with Gasteiger partial charge in [-0.1, -0.05) is 0 Å². The number of nitriles is 1. The molecule has 5 heteroatoms. The van der Waals surface area contributed by atoms with E-state index in [1.807, 2.05) is 0 Å². The number of carbonyl (C=O) groups excluding carboxylic acids is 2. The molecule has 13 heavy (non-hydrogen) atoms. The molecule has 72 valence electrons. The fraction of sp³-hybridized carbons (Fsp3) is 0.625. The molecule has 0 radical (unpaired) electrons. The second-order valence-electron chi connectivity index (χ2n) is 2.65. The lowest BCUT2D eigenvalue weighted by Crippen LogP contribution is -2.38. The van der Waals surface area contributed by atoms with Crippen LogP contribution in [0.25, 0.3) is 0 Å². The molecule has 0 atom stereocenters. The van der Waals surface area contributed by atoms with E-state index in [0.29, 0.717) is 0 Å². The van der Waals surface area contributed by atoms with Gasteiger partial charge in [0.1, 0.15) is 0 Å². The molecule has 5 nitrogen and oxygen atoms in total. The Bertz CT molecular complexity index is 237. The summed E-state index contributed by atoms with van der Waals surface area (Å²) in [5.41, 5.74) is -1.52. The summed E-state index contributed by atoms with van der Waals surface area (Å²) in [4.78, 5) is 22.3. The highest BCUT2D eigenvalue weighted by atomic mass is 16.5. The van der Waals surface area contributed by atoms with Crippen LogP contribution in [0.5, 0.6) is 0 Å². The molecule has 0 saturated heterocycles. The summed E-state index contributed by atoms with van der Waals surface area (Å²) in [5, 5.41) is 8.43. The minimum Gasteiger partial charge on any atom is -0.468 e. The second kappa shape index (κ2) is 4.45. The normalized spacial score (nSPS) is 10.0. The van der Waals surface area contributed by atoms with E-state index in [9.17, 15) is 9.59 Å². The Morgan fingerprint density at radius 1 is 1.31 bits per heavy atom. The summed E-state index contributed by atoms with van der Waals surface area (Å²) in [6, 6.07) is 1.74. The zero-order chi connectivity index (χ0) is 10.5. The molecule has 0 aliphatic rings. The topological polar surface area (TPSA) is 76.4 Å². The molecule has 0 unspecified atom stereocenters. The number of esters is 2. The van der Waals surface area contributed by atoms with Gasteiger partial charge >= 0.3 is 11.9 Å². The summed E-state index contributed by atoms with van der Waals surface area (Å²) >= 11 is 0. The molecule has 0 aromatic heterocycles. The summed E-state index contributed by atoms with van der Waals surface area (Å²) in [6.45, 7) is 1.31. The molecule has 0 rings (SSSR count). The third-order valence-electron chi connectivity index (χ3n) is 1.70. The number of hydrogen-bond donors (Lipinski definition) is 0. The lowest BCUT2D eigenvalue weighted by molar-refractivity contribution is -0.167. The highest BCUT2D eigenvalue weighted by Gasteiger charge is 2.43. The molecule has 0 fully saturated rings. The standard InChI is InChI=1S/C8H11NO4/c1-8(4-5-9,6(10)12-2)7(11)13-3/h4H2,1-3H3. The average Bonchev–Trinajstić information content (AvgIpc) is 2.15. The van der Waals surface area contributed by atoms with E-state index < -0.39 is 17.4 Å².